The molecule has 0 fully saturated rings. The molecule has 0 aromatic heterocycles. The molecular formula is C16H36O10. The van der Waals surface area contributed by atoms with Gasteiger partial charge in [0.1, 0.15) is 0 Å². The lowest BCUT2D eigenvalue weighted by molar-refractivity contribution is -0.139. The number of aliphatic carboxylic acids is 2. The summed E-state index contributed by atoms with van der Waals surface area (Å²) in [6.07, 6.45) is 0.0478. The zero-order valence-electron chi connectivity index (χ0n) is 15.8. The number of aliphatic hydroxyl groups is 6. The molecule has 2 atom stereocenters. The highest BCUT2D eigenvalue weighted by Gasteiger charge is 2.00. The molecule has 0 saturated heterocycles. The zero-order chi connectivity index (χ0) is 21.5. The molecule has 0 radical (unpaired) electrons. The summed E-state index contributed by atoms with van der Waals surface area (Å²) in [6.45, 7) is 4.74. The highest BCUT2D eigenvalue weighted by molar-refractivity contribution is 5.67. The van der Waals surface area contributed by atoms with Crippen LogP contribution in [0.15, 0.2) is 0 Å². The van der Waals surface area contributed by atoms with Crippen LogP contribution in [0.2, 0.25) is 0 Å². The van der Waals surface area contributed by atoms with Crippen molar-refractivity contribution in [2.45, 2.75) is 77.8 Å². The Balaban J connectivity index is -0.000000132. The van der Waals surface area contributed by atoms with Crippen LogP contribution in [0.3, 0.4) is 0 Å². The van der Waals surface area contributed by atoms with Crippen molar-refractivity contribution >= 4 is 11.9 Å². The van der Waals surface area contributed by atoms with Crippen LogP contribution in [0.4, 0.5) is 0 Å². The summed E-state index contributed by atoms with van der Waals surface area (Å²) in [5, 5.41) is 64.5. The lowest BCUT2D eigenvalue weighted by Crippen LogP contribution is -2.17. The number of hydrogen-bond acceptors (Lipinski definition) is 8. The molecule has 0 amide bonds. The molecule has 0 aliphatic carbocycles. The second-order valence-electron chi connectivity index (χ2n) is 5.19. The third-order valence-corrected chi connectivity index (χ3v) is 2.38. The van der Waals surface area contributed by atoms with Crippen LogP contribution >= 0.6 is 0 Å². The van der Waals surface area contributed by atoms with Crippen molar-refractivity contribution in [1.29, 1.82) is 0 Å². The van der Waals surface area contributed by atoms with E-state index in [1.807, 2.05) is 6.92 Å². The summed E-state index contributed by atoms with van der Waals surface area (Å²) in [6, 6.07) is 0. The first-order chi connectivity index (χ1) is 12.0. The Kier molecular flexibility index (Phi) is 32.3. The van der Waals surface area contributed by atoms with Gasteiger partial charge in [-0.1, -0.05) is 13.3 Å². The number of hydrogen-bond donors (Lipinski definition) is 8. The van der Waals surface area contributed by atoms with Crippen LogP contribution in [0.25, 0.3) is 0 Å². The summed E-state index contributed by atoms with van der Waals surface area (Å²) < 4.78 is 0. The second kappa shape index (κ2) is 25.9. The van der Waals surface area contributed by atoms with Crippen LogP contribution in [-0.4, -0.2) is 84.5 Å². The standard InChI is InChI=1S/C6H10O4.2C4H10O2.C2H6O2/c7-5(8)3-1-2-4-6(9)10;1-3(5)4(2)6;1-2-3-4(5)6;3-1-2-4/h1-4H2,(H,7,8)(H,9,10);3-6H,1-2H3;4-6H,2-3H2,1H3;3-4H,1-2H2. The van der Waals surface area contributed by atoms with Gasteiger partial charge in [-0.3, -0.25) is 9.59 Å². The SMILES string of the molecule is CC(O)C(C)O.CCCC(O)O.O=C(O)CCCCC(=O)O.OCCO. The van der Waals surface area contributed by atoms with Gasteiger partial charge in [-0.05, 0) is 33.1 Å². The fraction of sp³-hybridized carbons (Fsp3) is 0.875. The molecule has 160 valence electrons. The summed E-state index contributed by atoms with van der Waals surface area (Å²) in [5.74, 6) is -1.74. The molecule has 0 spiro atoms. The molecule has 10 heteroatoms. The van der Waals surface area contributed by atoms with Crippen molar-refractivity contribution in [3.8, 4) is 0 Å². The van der Waals surface area contributed by atoms with Gasteiger partial charge in [0, 0.05) is 12.8 Å². The molecule has 0 aromatic rings. The van der Waals surface area contributed by atoms with Gasteiger partial charge in [-0.2, -0.15) is 0 Å². The number of rotatable bonds is 9. The summed E-state index contributed by atoms with van der Waals surface area (Å²) in [4.78, 5) is 19.8. The van der Waals surface area contributed by atoms with Crippen molar-refractivity contribution in [3.63, 3.8) is 0 Å². The van der Waals surface area contributed by atoms with Crippen LogP contribution in [0, 0.1) is 0 Å². The lowest BCUT2D eigenvalue weighted by Gasteiger charge is -2.03. The van der Waals surface area contributed by atoms with E-state index < -0.39 is 30.4 Å². The Bertz CT molecular complexity index is 269. The predicted octanol–water partition coefficient (Wildman–Crippen LogP) is -0.468. The van der Waals surface area contributed by atoms with E-state index in [1.54, 1.807) is 13.8 Å². The Morgan fingerprint density at radius 2 is 1.08 bits per heavy atom. The lowest BCUT2D eigenvalue weighted by atomic mass is 10.2. The number of carboxylic acid groups (broad SMARTS) is 2. The quantitative estimate of drug-likeness (QED) is 0.189. The van der Waals surface area contributed by atoms with E-state index in [1.165, 1.54) is 0 Å². The first kappa shape index (κ1) is 32.4. The monoisotopic (exact) mass is 388 g/mol. The predicted molar refractivity (Wildman–Crippen MR) is 94.4 cm³/mol. The van der Waals surface area contributed by atoms with Gasteiger partial charge in [0.25, 0.3) is 0 Å². The maximum atomic E-state index is 9.90. The summed E-state index contributed by atoms with van der Waals surface area (Å²) >= 11 is 0. The Labute approximate surface area is 154 Å². The van der Waals surface area contributed by atoms with Crippen LogP contribution in [-0.2, 0) is 9.59 Å². The third-order valence-electron chi connectivity index (χ3n) is 2.38. The maximum absolute atomic E-state index is 9.90. The fourth-order valence-corrected chi connectivity index (χ4v) is 0.811. The van der Waals surface area contributed by atoms with Crippen LogP contribution < -0.4 is 0 Å². The van der Waals surface area contributed by atoms with Crippen molar-refractivity contribution < 1.29 is 50.4 Å². The van der Waals surface area contributed by atoms with E-state index in [2.05, 4.69) is 0 Å². The van der Waals surface area contributed by atoms with Crippen molar-refractivity contribution in [1.82, 2.24) is 0 Å². The van der Waals surface area contributed by atoms with E-state index in [0.717, 1.165) is 6.42 Å². The van der Waals surface area contributed by atoms with Crippen molar-refractivity contribution in [2.24, 2.45) is 0 Å². The largest absolute Gasteiger partial charge is 0.481 e. The van der Waals surface area contributed by atoms with Crippen molar-refractivity contribution in [2.75, 3.05) is 13.2 Å². The normalized spacial score (nSPS) is 11.6. The summed E-state index contributed by atoms with van der Waals surface area (Å²) in [5.41, 5.74) is 0. The number of unbranched alkanes of at least 4 members (excludes halogenated alkanes) is 1. The molecule has 0 aliphatic heterocycles. The topological polar surface area (TPSA) is 196 Å². The Morgan fingerprint density at radius 1 is 0.769 bits per heavy atom. The molecule has 0 rings (SSSR count). The van der Waals surface area contributed by atoms with Crippen LogP contribution in [0.5, 0.6) is 0 Å². The molecule has 0 heterocycles. The van der Waals surface area contributed by atoms with Gasteiger partial charge in [-0.25, -0.2) is 0 Å². The first-order valence-electron chi connectivity index (χ1n) is 8.33. The van der Waals surface area contributed by atoms with Gasteiger partial charge < -0.3 is 40.9 Å². The number of aliphatic hydroxyl groups excluding tert-OH is 5. The third kappa shape index (κ3) is 57.0. The molecule has 0 bridgehead atoms. The van der Waals surface area contributed by atoms with E-state index >= 15 is 0 Å². The molecule has 0 aromatic carbocycles. The average molecular weight is 388 g/mol. The molecular weight excluding hydrogens is 352 g/mol. The Morgan fingerprint density at radius 3 is 1.15 bits per heavy atom. The smallest absolute Gasteiger partial charge is 0.303 e. The van der Waals surface area contributed by atoms with Gasteiger partial charge in [-0.15, -0.1) is 0 Å². The van der Waals surface area contributed by atoms with Gasteiger partial charge in [0.05, 0.1) is 25.4 Å². The van der Waals surface area contributed by atoms with E-state index in [9.17, 15) is 9.59 Å². The van der Waals surface area contributed by atoms with Gasteiger partial charge in [0.15, 0.2) is 6.29 Å². The van der Waals surface area contributed by atoms with E-state index in [-0.39, 0.29) is 26.1 Å². The molecule has 10 nitrogen and oxygen atoms in total. The van der Waals surface area contributed by atoms with E-state index in [0.29, 0.717) is 19.3 Å². The minimum absolute atomic E-state index is 0.0628. The summed E-state index contributed by atoms with van der Waals surface area (Å²) in [7, 11) is 0. The first-order valence-corrected chi connectivity index (χ1v) is 8.33. The second-order valence-corrected chi connectivity index (χ2v) is 5.19. The van der Waals surface area contributed by atoms with Crippen molar-refractivity contribution in [3.05, 3.63) is 0 Å². The number of carbonyl (C=O) groups is 2. The minimum Gasteiger partial charge on any atom is -0.481 e. The minimum atomic E-state index is -1.10. The highest BCUT2D eigenvalue weighted by atomic mass is 16.5. The maximum Gasteiger partial charge on any atom is 0.303 e. The average Bonchev–Trinajstić information content (AvgIpc) is 2.52. The molecule has 26 heavy (non-hydrogen) atoms. The van der Waals surface area contributed by atoms with Gasteiger partial charge >= 0.3 is 11.9 Å². The van der Waals surface area contributed by atoms with Crippen LogP contribution in [0.1, 0.15) is 59.3 Å². The van der Waals surface area contributed by atoms with Gasteiger partial charge in [0.2, 0.25) is 0 Å². The molecule has 8 N–H and O–H groups in total. The molecule has 0 aliphatic rings. The van der Waals surface area contributed by atoms with E-state index in [4.69, 9.17) is 40.9 Å². The Hall–Kier alpha value is -1.30. The number of carboxylic acids is 2. The highest BCUT2D eigenvalue weighted by Crippen LogP contribution is 1.98. The molecule has 2 unspecified atom stereocenters. The fourth-order valence-electron chi connectivity index (χ4n) is 0.811. The zero-order valence-corrected chi connectivity index (χ0v) is 15.8. The molecule has 0 saturated carbocycles.